The Kier molecular flexibility index (Phi) is 40.3. The molecule has 0 aromatic heterocycles. The van der Waals surface area contributed by atoms with Crippen molar-refractivity contribution in [2.45, 2.75) is 6.92 Å². The van der Waals surface area contributed by atoms with Crippen molar-refractivity contribution in [2.24, 2.45) is 0 Å². The molecule has 0 fully saturated rings. The minimum absolute atomic E-state index is 0. The SMILES string of the molecule is C=COC(C)=O.[O-2].[O-2].[Ti+4]. The normalized spacial score (nSPS) is 4.56. The van der Waals surface area contributed by atoms with Gasteiger partial charge in [0.05, 0.1) is 6.26 Å². The Hall–Kier alpha value is -0.156. The largest absolute Gasteiger partial charge is 4.00 e. The predicted molar refractivity (Wildman–Crippen MR) is 23.3 cm³/mol. The van der Waals surface area contributed by atoms with E-state index in [0.717, 1.165) is 6.26 Å². The van der Waals surface area contributed by atoms with Gasteiger partial charge in [-0.2, -0.15) is 0 Å². The van der Waals surface area contributed by atoms with E-state index in [4.69, 9.17) is 0 Å². The van der Waals surface area contributed by atoms with Crippen LogP contribution in [0.15, 0.2) is 12.8 Å². The molecule has 0 radical (unpaired) electrons. The Labute approximate surface area is 68.4 Å². The van der Waals surface area contributed by atoms with Crippen molar-refractivity contribution in [1.29, 1.82) is 0 Å². The Bertz CT molecular complexity index is 73.0. The molecule has 0 bridgehead atoms. The van der Waals surface area contributed by atoms with Gasteiger partial charge in [0.2, 0.25) is 0 Å². The first-order chi connectivity index (χ1) is 2.77. The first kappa shape index (κ1) is 23.2. The fraction of sp³-hybridized carbons (Fsp3) is 0.250. The van der Waals surface area contributed by atoms with Crippen LogP contribution in [0, 0.1) is 0 Å². The average Bonchev–Trinajstić information content (AvgIpc) is 1.35. The summed E-state index contributed by atoms with van der Waals surface area (Å²) in [5.41, 5.74) is 0. The molecule has 0 N–H and O–H groups in total. The van der Waals surface area contributed by atoms with Crippen LogP contribution < -0.4 is 0 Å². The fourth-order valence-corrected chi connectivity index (χ4v) is 0.117. The summed E-state index contributed by atoms with van der Waals surface area (Å²) in [6.45, 7) is 4.48. The summed E-state index contributed by atoms with van der Waals surface area (Å²) in [4.78, 5) is 9.75. The van der Waals surface area contributed by atoms with Gasteiger partial charge in [-0.1, -0.05) is 6.58 Å². The second-order valence-corrected chi connectivity index (χ2v) is 0.776. The summed E-state index contributed by atoms with van der Waals surface area (Å²) in [6.07, 6.45) is 1.10. The molecule has 0 atom stereocenters. The topological polar surface area (TPSA) is 83.3 Å². The standard InChI is InChI=1S/C4H6O2.2O.Ti/c1-3-6-4(2)5;;;/h3H,1H2,2H3;;;/q;2*-2;+4. The maximum absolute atomic E-state index is 9.75. The van der Waals surface area contributed by atoms with Gasteiger partial charge in [-0.25, -0.2) is 0 Å². The van der Waals surface area contributed by atoms with Crippen LogP contribution in [0.3, 0.4) is 0 Å². The molecule has 0 saturated heterocycles. The van der Waals surface area contributed by atoms with Crippen molar-refractivity contribution < 1.29 is 42.2 Å². The van der Waals surface area contributed by atoms with Crippen molar-refractivity contribution in [3.63, 3.8) is 0 Å². The molecule has 0 heterocycles. The van der Waals surface area contributed by atoms with E-state index < -0.39 is 0 Å². The van der Waals surface area contributed by atoms with Crippen molar-refractivity contribution >= 4 is 5.97 Å². The minimum atomic E-state index is -0.329. The maximum atomic E-state index is 9.75. The Morgan fingerprint density at radius 1 is 1.56 bits per heavy atom. The van der Waals surface area contributed by atoms with E-state index in [9.17, 15) is 4.79 Å². The Morgan fingerprint density at radius 2 is 1.89 bits per heavy atom. The van der Waals surface area contributed by atoms with Crippen LogP contribution in [0.2, 0.25) is 0 Å². The maximum Gasteiger partial charge on any atom is 4.00 e. The molecule has 0 aliphatic rings. The summed E-state index contributed by atoms with van der Waals surface area (Å²) < 4.78 is 4.17. The van der Waals surface area contributed by atoms with Crippen molar-refractivity contribution in [2.75, 3.05) is 0 Å². The fourth-order valence-electron chi connectivity index (χ4n) is 0.117. The molecule has 0 saturated carbocycles. The summed E-state index contributed by atoms with van der Waals surface area (Å²) in [6, 6.07) is 0. The zero-order valence-corrected chi connectivity index (χ0v) is 6.48. The number of ether oxygens (including phenoxy) is 1. The Balaban J connectivity index is -0.0000000417. The summed E-state index contributed by atoms with van der Waals surface area (Å²) in [5.74, 6) is -0.329. The number of rotatable bonds is 1. The zero-order chi connectivity index (χ0) is 4.99. The molecule has 0 aromatic rings. The van der Waals surface area contributed by atoms with Gasteiger partial charge in [-0.15, -0.1) is 0 Å². The van der Waals surface area contributed by atoms with Crippen LogP contribution in [0.5, 0.6) is 0 Å². The van der Waals surface area contributed by atoms with Crippen LogP contribution in [-0.4, -0.2) is 5.97 Å². The summed E-state index contributed by atoms with van der Waals surface area (Å²) in [5, 5.41) is 0. The van der Waals surface area contributed by atoms with Crippen molar-refractivity contribution in [3.8, 4) is 0 Å². The molecule has 0 aromatic carbocycles. The molecule has 50 valence electrons. The van der Waals surface area contributed by atoms with E-state index >= 15 is 0 Å². The third-order valence-electron chi connectivity index (χ3n) is 0.249. The number of hydrogen-bond donors (Lipinski definition) is 0. The van der Waals surface area contributed by atoms with Crippen molar-refractivity contribution in [3.05, 3.63) is 12.8 Å². The van der Waals surface area contributed by atoms with Crippen molar-refractivity contribution in [1.82, 2.24) is 0 Å². The second kappa shape index (κ2) is 15.7. The monoisotopic (exact) mass is 166 g/mol. The molecule has 0 amide bonds. The third kappa shape index (κ3) is 33.1. The van der Waals surface area contributed by atoms with E-state index in [1.807, 2.05) is 0 Å². The molecule has 5 heteroatoms. The molecular weight excluding hydrogens is 160 g/mol. The molecule has 0 spiro atoms. The van der Waals surface area contributed by atoms with Crippen LogP contribution in [0.4, 0.5) is 0 Å². The summed E-state index contributed by atoms with van der Waals surface area (Å²) in [7, 11) is 0. The van der Waals surface area contributed by atoms with Gasteiger partial charge in [0.15, 0.2) is 0 Å². The first-order valence-corrected chi connectivity index (χ1v) is 1.55. The van der Waals surface area contributed by atoms with Gasteiger partial charge in [-0.05, 0) is 0 Å². The van der Waals surface area contributed by atoms with Crippen LogP contribution >= 0.6 is 0 Å². The van der Waals surface area contributed by atoms with Gasteiger partial charge in [0.1, 0.15) is 0 Å². The number of esters is 1. The number of hydrogen-bond acceptors (Lipinski definition) is 2. The van der Waals surface area contributed by atoms with Crippen LogP contribution in [-0.2, 0) is 42.2 Å². The third-order valence-corrected chi connectivity index (χ3v) is 0.249. The number of carbonyl (C=O) groups excluding carboxylic acids is 1. The molecular formula is C4H6O4Ti. The molecule has 0 unspecified atom stereocenters. The van der Waals surface area contributed by atoms with Gasteiger partial charge in [0, 0.05) is 6.92 Å². The second-order valence-electron chi connectivity index (χ2n) is 0.776. The van der Waals surface area contributed by atoms with Gasteiger partial charge in [0.25, 0.3) is 0 Å². The van der Waals surface area contributed by atoms with Gasteiger partial charge >= 0.3 is 27.7 Å². The smallest absolute Gasteiger partial charge is 2.00 e. The minimum Gasteiger partial charge on any atom is -2.00 e. The van der Waals surface area contributed by atoms with E-state index in [0.29, 0.717) is 0 Å². The van der Waals surface area contributed by atoms with E-state index in [2.05, 4.69) is 11.3 Å². The van der Waals surface area contributed by atoms with E-state index in [1.54, 1.807) is 0 Å². The molecule has 0 rings (SSSR count). The van der Waals surface area contributed by atoms with Gasteiger partial charge < -0.3 is 15.7 Å². The molecule has 0 aliphatic carbocycles. The van der Waals surface area contributed by atoms with E-state index in [-0.39, 0.29) is 38.6 Å². The van der Waals surface area contributed by atoms with E-state index in [1.165, 1.54) is 6.92 Å². The predicted octanol–water partition coefficient (Wildman–Crippen LogP) is 0.453. The number of carbonyl (C=O) groups is 1. The van der Waals surface area contributed by atoms with Gasteiger partial charge in [-0.3, -0.25) is 4.79 Å². The quantitative estimate of drug-likeness (QED) is 0.321. The first-order valence-electron chi connectivity index (χ1n) is 1.55. The molecule has 9 heavy (non-hydrogen) atoms. The van der Waals surface area contributed by atoms with Crippen LogP contribution in [0.1, 0.15) is 6.92 Å². The van der Waals surface area contributed by atoms with Crippen LogP contribution in [0.25, 0.3) is 0 Å². The zero-order valence-electron chi connectivity index (χ0n) is 4.92. The molecule has 4 nitrogen and oxygen atoms in total. The summed E-state index contributed by atoms with van der Waals surface area (Å²) >= 11 is 0. The average molecular weight is 166 g/mol. The Morgan fingerprint density at radius 3 is 1.89 bits per heavy atom. The molecule has 0 aliphatic heterocycles.